The number of rotatable bonds is 36. The lowest BCUT2D eigenvalue weighted by Gasteiger charge is -2.35. The van der Waals surface area contributed by atoms with E-state index in [0.29, 0.717) is 65.7 Å². The van der Waals surface area contributed by atoms with E-state index in [1.165, 1.54) is 0 Å². The van der Waals surface area contributed by atoms with Crippen LogP contribution in [0.1, 0.15) is 152 Å². The third-order valence-corrected chi connectivity index (χ3v) is 6.98. The first kappa shape index (κ1) is 47.6. The van der Waals surface area contributed by atoms with Crippen LogP contribution < -0.4 is 0 Å². The summed E-state index contributed by atoms with van der Waals surface area (Å²) in [5.41, 5.74) is 0. The fourth-order valence-electron chi connectivity index (χ4n) is 4.68. The fourth-order valence-corrected chi connectivity index (χ4v) is 4.68. The van der Waals surface area contributed by atoms with E-state index in [0.717, 1.165) is 57.8 Å². The molecule has 0 heterocycles. The van der Waals surface area contributed by atoms with E-state index in [-0.39, 0.29) is 37.6 Å². The van der Waals surface area contributed by atoms with Gasteiger partial charge < -0.3 is 47.4 Å². The fraction of sp³-hybridized carbons (Fsp3) is 0.946. The van der Waals surface area contributed by atoms with Crippen molar-refractivity contribution in [2.45, 2.75) is 176 Å². The second-order valence-electron chi connectivity index (χ2n) is 11.9. The van der Waals surface area contributed by atoms with Crippen LogP contribution in [0.15, 0.2) is 0 Å². The van der Waals surface area contributed by atoms with Crippen molar-refractivity contribution < 1.29 is 57.0 Å². The van der Waals surface area contributed by atoms with Gasteiger partial charge in [-0.05, 0) is 65.2 Å². The topological polar surface area (TPSA) is 126 Å². The SMILES string of the molecule is CCCOC(CC(OCC)OC(=O)CCCCCCCC(=O)OC(CC(OCCC)(OCCC)OCCC)OCC)(OCCC)OCCC. The highest BCUT2D eigenvalue weighted by atomic mass is 16.9. The molecular weight excluding hydrogens is 636 g/mol. The molecule has 12 nitrogen and oxygen atoms in total. The molecule has 0 fully saturated rings. The van der Waals surface area contributed by atoms with Crippen molar-refractivity contribution in [3.8, 4) is 0 Å². The molecule has 12 heteroatoms. The van der Waals surface area contributed by atoms with Crippen LogP contribution >= 0.6 is 0 Å². The first-order valence-electron chi connectivity index (χ1n) is 19.2. The average Bonchev–Trinajstić information content (AvgIpc) is 3.09. The molecule has 2 atom stereocenters. The number of hydrogen-bond donors (Lipinski definition) is 0. The molecule has 0 N–H and O–H groups in total. The summed E-state index contributed by atoms with van der Waals surface area (Å²) < 4.78 is 59.0. The summed E-state index contributed by atoms with van der Waals surface area (Å²) in [6.07, 6.45) is 7.67. The molecule has 0 amide bonds. The van der Waals surface area contributed by atoms with Gasteiger partial charge in [0, 0.05) is 26.1 Å². The Kier molecular flexibility index (Phi) is 30.5. The molecule has 0 spiro atoms. The molecule has 0 aromatic heterocycles. The van der Waals surface area contributed by atoms with Crippen molar-refractivity contribution in [3.05, 3.63) is 0 Å². The maximum atomic E-state index is 12.7. The van der Waals surface area contributed by atoms with Crippen molar-refractivity contribution >= 4 is 11.9 Å². The Bertz CT molecular complexity index is 675. The molecule has 2 unspecified atom stereocenters. The first-order chi connectivity index (χ1) is 23.7. The van der Waals surface area contributed by atoms with Gasteiger partial charge >= 0.3 is 11.9 Å². The van der Waals surface area contributed by atoms with E-state index >= 15 is 0 Å². The van der Waals surface area contributed by atoms with Crippen LogP contribution in [0.5, 0.6) is 0 Å². The van der Waals surface area contributed by atoms with E-state index in [9.17, 15) is 9.59 Å². The molecule has 0 aromatic carbocycles. The van der Waals surface area contributed by atoms with Gasteiger partial charge in [0.1, 0.15) is 0 Å². The van der Waals surface area contributed by atoms with Gasteiger partial charge in [-0.2, -0.15) is 0 Å². The molecule has 0 radical (unpaired) electrons. The Morgan fingerprint density at radius 2 is 0.694 bits per heavy atom. The summed E-state index contributed by atoms with van der Waals surface area (Å²) >= 11 is 0. The minimum atomic E-state index is -1.33. The van der Waals surface area contributed by atoms with Crippen molar-refractivity contribution in [1.82, 2.24) is 0 Å². The second-order valence-corrected chi connectivity index (χ2v) is 11.9. The van der Waals surface area contributed by atoms with Gasteiger partial charge in [-0.3, -0.25) is 9.59 Å². The lowest BCUT2D eigenvalue weighted by Crippen LogP contribution is -2.44. The molecule has 0 rings (SSSR count). The van der Waals surface area contributed by atoms with Crippen LogP contribution in [0.3, 0.4) is 0 Å². The second kappa shape index (κ2) is 31.4. The molecule has 0 saturated heterocycles. The minimum Gasteiger partial charge on any atom is -0.435 e. The summed E-state index contributed by atoms with van der Waals surface area (Å²) in [5, 5.41) is 0. The zero-order chi connectivity index (χ0) is 36.6. The Hall–Kier alpha value is -1.38. The monoisotopic (exact) mass is 709 g/mol. The number of hydrogen-bond acceptors (Lipinski definition) is 12. The van der Waals surface area contributed by atoms with Gasteiger partial charge in [0.2, 0.25) is 12.6 Å². The molecule has 0 bridgehead atoms. The van der Waals surface area contributed by atoms with E-state index in [1.54, 1.807) is 0 Å². The van der Waals surface area contributed by atoms with Crippen molar-refractivity contribution in [2.75, 3.05) is 52.9 Å². The van der Waals surface area contributed by atoms with Crippen molar-refractivity contribution in [2.24, 2.45) is 0 Å². The van der Waals surface area contributed by atoms with Crippen LogP contribution in [-0.2, 0) is 57.0 Å². The summed E-state index contributed by atoms with van der Waals surface area (Å²) in [6.45, 7) is 19.2. The van der Waals surface area contributed by atoms with Crippen LogP contribution in [0.25, 0.3) is 0 Å². The standard InChI is InChI=1S/C37H72O12/c1-9-24-42-36(43-25-10-2,44-26-11-3)30-34(40-15-7)48-32(38)22-20-18-17-19-21-23-33(39)49-35(41-16-8)31-37(45-27-12-4,46-28-13-5)47-29-14-6/h34-35H,9-31H2,1-8H3. The predicted octanol–water partition coefficient (Wildman–Crippen LogP) is 8.18. The molecule has 0 aliphatic carbocycles. The molecule has 0 aliphatic heterocycles. The van der Waals surface area contributed by atoms with Gasteiger partial charge in [0.05, 0.1) is 52.5 Å². The Morgan fingerprint density at radius 3 is 0.939 bits per heavy atom. The number of carbonyl (C=O) groups excluding carboxylic acids is 2. The zero-order valence-corrected chi connectivity index (χ0v) is 32.3. The van der Waals surface area contributed by atoms with E-state index in [1.807, 2.05) is 55.4 Å². The maximum absolute atomic E-state index is 12.7. The van der Waals surface area contributed by atoms with Crippen molar-refractivity contribution in [1.29, 1.82) is 0 Å². The van der Waals surface area contributed by atoms with Gasteiger partial charge in [-0.1, -0.05) is 60.8 Å². The van der Waals surface area contributed by atoms with Crippen LogP contribution in [-0.4, -0.2) is 89.3 Å². The first-order valence-corrected chi connectivity index (χ1v) is 19.2. The van der Waals surface area contributed by atoms with Crippen molar-refractivity contribution in [3.63, 3.8) is 0 Å². The summed E-state index contributed by atoms with van der Waals surface area (Å²) in [7, 11) is 0. The highest BCUT2D eigenvalue weighted by Crippen LogP contribution is 2.27. The quantitative estimate of drug-likeness (QED) is 0.0354. The van der Waals surface area contributed by atoms with Crippen LogP contribution in [0, 0.1) is 0 Å². The van der Waals surface area contributed by atoms with Gasteiger partial charge in [-0.15, -0.1) is 0 Å². The van der Waals surface area contributed by atoms with E-state index < -0.39 is 24.5 Å². The van der Waals surface area contributed by atoms with Gasteiger partial charge in [-0.25, -0.2) is 0 Å². The molecule has 49 heavy (non-hydrogen) atoms. The molecular formula is C37H72O12. The average molecular weight is 709 g/mol. The third kappa shape index (κ3) is 23.7. The van der Waals surface area contributed by atoms with E-state index in [4.69, 9.17) is 47.4 Å². The number of unbranched alkanes of at least 4 members (excludes halogenated alkanes) is 4. The normalized spacial score (nSPS) is 13.4. The van der Waals surface area contributed by atoms with Gasteiger partial charge in [0.25, 0.3) is 11.9 Å². The van der Waals surface area contributed by atoms with Crippen LogP contribution in [0.4, 0.5) is 0 Å². The Morgan fingerprint density at radius 1 is 0.429 bits per heavy atom. The summed E-state index contributed by atoms with van der Waals surface area (Å²) in [4.78, 5) is 25.5. The molecule has 0 saturated carbocycles. The lowest BCUT2D eigenvalue weighted by atomic mass is 10.1. The van der Waals surface area contributed by atoms with Crippen LogP contribution in [0.2, 0.25) is 0 Å². The minimum absolute atomic E-state index is 0.122. The number of carbonyl (C=O) groups is 2. The maximum Gasteiger partial charge on any atom is 0.308 e. The molecule has 292 valence electrons. The largest absolute Gasteiger partial charge is 0.435 e. The Labute approximate surface area is 297 Å². The predicted molar refractivity (Wildman–Crippen MR) is 187 cm³/mol. The van der Waals surface area contributed by atoms with E-state index in [2.05, 4.69) is 0 Å². The number of esters is 2. The lowest BCUT2D eigenvalue weighted by molar-refractivity contribution is -0.398. The molecule has 0 aliphatic rings. The summed E-state index contributed by atoms with van der Waals surface area (Å²) in [6, 6.07) is 0. The highest BCUT2D eigenvalue weighted by molar-refractivity contribution is 5.69. The third-order valence-electron chi connectivity index (χ3n) is 6.98. The van der Waals surface area contributed by atoms with Gasteiger partial charge in [0.15, 0.2) is 0 Å². The highest BCUT2D eigenvalue weighted by Gasteiger charge is 2.40. The number of ether oxygens (including phenoxy) is 10. The smallest absolute Gasteiger partial charge is 0.308 e. The molecule has 0 aromatic rings. The Balaban J connectivity index is 4.84. The zero-order valence-electron chi connectivity index (χ0n) is 32.3. The summed E-state index contributed by atoms with van der Waals surface area (Å²) in [5.74, 6) is -3.35.